The van der Waals surface area contributed by atoms with E-state index in [9.17, 15) is 15.2 Å². The molecule has 28 heavy (non-hydrogen) atoms. The highest BCUT2D eigenvalue weighted by atomic mass is 16.3. The summed E-state index contributed by atoms with van der Waals surface area (Å²) in [7, 11) is 0. The van der Waals surface area contributed by atoms with E-state index in [1.807, 2.05) is 6.07 Å². The van der Waals surface area contributed by atoms with Gasteiger partial charge < -0.3 is 20.6 Å². The Bertz CT molecular complexity index is 927. The normalized spacial score (nSPS) is 27.5. The number of anilines is 1. The van der Waals surface area contributed by atoms with E-state index < -0.39 is 6.10 Å². The Balaban J connectivity index is 1.55. The van der Waals surface area contributed by atoms with Crippen molar-refractivity contribution >= 4 is 22.6 Å². The summed E-state index contributed by atoms with van der Waals surface area (Å²) in [6.07, 6.45) is 4.13. The molecule has 0 saturated carbocycles. The molecule has 2 fully saturated rings. The number of hydrogen-bond acceptors (Lipinski definition) is 7. The van der Waals surface area contributed by atoms with Gasteiger partial charge in [-0.3, -0.25) is 14.8 Å². The molecule has 2 aromatic rings. The minimum absolute atomic E-state index is 0.0122. The second-order valence-electron chi connectivity index (χ2n) is 7.80. The van der Waals surface area contributed by atoms with Gasteiger partial charge >= 0.3 is 0 Å². The van der Waals surface area contributed by atoms with Gasteiger partial charge in [0, 0.05) is 38.1 Å². The zero-order valence-electron chi connectivity index (χ0n) is 15.8. The maximum absolute atomic E-state index is 12.5. The molecule has 8 heteroatoms. The Labute approximate surface area is 163 Å². The molecule has 3 heterocycles. The van der Waals surface area contributed by atoms with Crippen LogP contribution in [0, 0.1) is 17.2 Å². The predicted molar refractivity (Wildman–Crippen MR) is 105 cm³/mol. The van der Waals surface area contributed by atoms with Crippen LogP contribution in [-0.4, -0.2) is 58.8 Å². The molecule has 2 saturated heterocycles. The summed E-state index contributed by atoms with van der Waals surface area (Å²) >= 11 is 0. The molecule has 2 aliphatic heterocycles. The molecule has 3 N–H and O–H groups in total. The number of benzene rings is 1. The standard InChI is InChI=1S/C20H24N6O2/c1-12-6-14(25-20(28)16-7-15(27)9-24-16)11-26(10-12)17-3-2-13(8-21)18-19(17)23-5-4-22-18/h2-5,12,14-16,24,27H,6-7,9-11H2,1H3,(H,25,28)/t12-,14+,15?,16?/m0/s1. The van der Waals surface area contributed by atoms with Gasteiger partial charge in [-0.1, -0.05) is 6.92 Å². The Morgan fingerprint density at radius 3 is 2.79 bits per heavy atom. The van der Waals surface area contributed by atoms with E-state index in [0.29, 0.717) is 42.0 Å². The Morgan fingerprint density at radius 2 is 2.07 bits per heavy atom. The molecule has 4 rings (SSSR count). The third-order valence-electron chi connectivity index (χ3n) is 5.50. The molecule has 1 amide bonds. The molecule has 0 bridgehead atoms. The Morgan fingerprint density at radius 1 is 1.29 bits per heavy atom. The number of β-amino-alcohol motifs (C(OH)–C–C–N with tert-alkyl or cyclic N) is 1. The summed E-state index contributed by atoms with van der Waals surface area (Å²) in [6, 6.07) is 5.55. The maximum Gasteiger partial charge on any atom is 0.237 e. The van der Waals surface area contributed by atoms with Gasteiger partial charge in [0.2, 0.25) is 5.91 Å². The third-order valence-corrected chi connectivity index (χ3v) is 5.50. The number of hydrogen-bond donors (Lipinski definition) is 3. The van der Waals surface area contributed by atoms with Crippen LogP contribution in [0.15, 0.2) is 24.5 Å². The van der Waals surface area contributed by atoms with Crippen LogP contribution in [0.1, 0.15) is 25.3 Å². The van der Waals surface area contributed by atoms with Gasteiger partial charge in [0.15, 0.2) is 0 Å². The lowest BCUT2D eigenvalue weighted by atomic mass is 9.94. The van der Waals surface area contributed by atoms with E-state index >= 15 is 0 Å². The fourth-order valence-corrected chi connectivity index (χ4v) is 4.26. The van der Waals surface area contributed by atoms with E-state index in [1.165, 1.54) is 0 Å². The van der Waals surface area contributed by atoms with Gasteiger partial charge in [-0.15, -0.1) is 0 Å². The van der Waals surface area contributed by atoms with Crippen LogP contribution in [0.25, 0.3) is 11.0 Å². The topological polar surface area (TPSA) is 114 Å². The monoisotopic (exact) mass is 380 g/mol. The first-order valence-corrected chi connectivity index (χ1v) is 9.65. The fourth-order valence-electron chi connectivity index (χ4n) is 4.26. The smallest absolute Gasteiger partial charge is 0.237 e. The molecule has 2 unspecified atom stereocenters. The average molecular weight is 380 g/mol. The summed E-state index contributed by atoms with van der Waals surface area (Å²) in [5.41, 5.74) is 2.75. The van der Waals surface area contributed by atoms with Crippen molar-refractivity contribution in [3.8, 4) is 6.07 Å². The first-order valence-electron chi connectivity index (χ1n) is 9.65. The van der Waals surface area contributed by atoms with Crippen molar-refractivity contribution in [2.45, 2.75) is 38.0 Å². The van der Waals surface area contributed by atoms with Crippen molar-refractivity contribution in [1.29, 1.82) is 5.26 Å². The number of carbonyl (C=O) groups excluding carboxylic acids is 1. The number of carbonyl (C=O) groups is 1. The molecule has 0 radical (unpaired) electrons. The van der Waals surface area contributed by atoms with Crippen molar-refractivity contribution in [1.82, 2.24) is 20.6 Å². The molecule has 1 aromatic carbocycles. The zero-order chi connectivity index (χ0) is 19.7. The quantitative estimate of drug-likeness (QED) is 0.713. The van der Waals surface area contributed by atoms with E-state index in [1.54, 1.807) is 18.5 Å². The Hall–Kier alpha value is -2.76. The number of aliphatic hydroxyl groups is 1. The summed E-state index contributed by atoms with van der Waals surface area (Å²) in [5.74, 6) is 0.337. The minimum atomic E-state index is -0.457. The van der Waals surface area contributed by atoms with E-state index in [0.717, 1.165) is 18.7 Å². The van der Waals surface area contributed by atoms with Gasteiger partial charge in [-0.05, 0) is 30.9 Å². The molecule has 1 aromatic heterocycles. The van der Waals surface area contributed by atoms with E-state index in [4.69, 9.17) is 0 Å². The second-order valence-corrected chi connectivity index (χ2v) is 7.80. The highest BCUT2D eigenvalue weighted by molar-refractivity contribution is 5.92. The summed E-state index contributed by atoms with van der Waals surface area (Å²) in [5, 5.41) is 25.2. The summed E-state index contributed by atoms with van der Waals surface area (Å²) in [4.78, 5) is 23.6. The highest BCUT2D eigenvalue weighted by Gasteiger charge is 2.32. The maximum atomic E-state index is 12.5. The van der Waals surface area contributed by atoms with Crippen LogP contribution in [0.3, 0.4) is 0 Å². The molecule has 0 aliphatic carbocycles. The summed E-state index contributed by atoms with van der Waals surface area (Å²) < 4.78 is 0. The van der Waals surface area contributed by atoms with Crippen molar-refractivity contribution < 1.29 is 9.90 Å². The molecular weight excluding hydrogens is 356 g/mol. The molecule has 146 valence electrons. The highest BCUT2D eigenvalue weighted by Crippen LogP contribution is 2.30. The number of fused-ring (bicyclic) bond motifs is 1. The van der Waals surface area contributed by atoms with Crippen molar-refractivity contribution in [3.05, 3.63) is 30.1 Å². The van der Waals surface area contributed by atoms with Crippen LogP contribution < -0.4 is 15.5 Å². The number of aromatic nitrogens is 2. The van der Waals surface area contributed by atoms with Gasteiger partial charge in [-0.2, -0.15) is 5.26 Å². The SMILES string of the molecule is C[C@H]1C[C@@H](NC(=O)C2CC(O)CN2)CN(c2ccc(C#N)c3nccnc23)C1. The number of nitrogens with zero attached hydrogens (tertiary/aromatic N) is 4. The van der Waals surface area contributed by atoms with Gasteiger partial charge in [0.05, 0.1) is 23.4 Å². The lowest BCUT2D eigenvalue weighted by Crippen LogP contribution is -2.53. The number of nitriles is 1. The van der Waals surface area contributed by atoms with Crippen LogP contribution in [0.5, 0.6) is 0 Å². The van der Waals surface area contributed by atoms with Gasteiger partial charge in [-0.25, -0.2) is 0 Å². The van der Waals surface area contributed by atoms with Crippen LogP contribution in [0.2, 0.25) is 0 Å². The number of piperidine rings is 1. The molecule has 2 aliphatic rings. The van der Waals surface area contributed by atoms with Crippen molar-refractivity contribution in [2.75, 3.05) is 24.5 Å². The van der Waals surface area contributed by atoms with Crippen LogP contribution >= 0.6 is 0 Å². The molecule has 4 atom stereocenters. The Kier molecular flexibility index (Phi) is 5.11. The minimum Gasteiger partial charge on any atom is -0.392 e. The van der Waals surface area contributed by atoms with Gasteiger partial charge in [0.25, 0.3) is 0 Å². The van der Waals surface area contributed by atoms with Crippen LogP contribution in [-0.2, 0) is 4.79 Å². The first kappa shape index (κ1) is 18.6. The van der Waals surface area contributed by atoms with Crippen molar-refractivity contribution in [2.24, 2.45) is 5.92 Å². The van der Waals surface area contributed by atoms with E-state index in [-0.39, 0.29) is 18.0 Å². The fraction of sp³-hybridized carbons (Fsp3) is 0.500. The summed E-state index contributed by atoms with van der Waals surface area (Å²) in [6.45, 7) is 4.15. The lowest BCUT2D eigenvalue weighted by Gasteiger charge is -2.38. The lowest BCUT2D eigenvalue weighted by molar-refractivity contribution is -0.123. The van der Waals surface area contributed by atoms with E-state index in [2.05, 4.69) is 38.5 Å². The molecule has 0 spiro atoms. The number of amides is 1. The first-order chi connectivity index (χ1) is 13.5. The van der Waals surface area contributed by atoms with Crippen molar-refractivity contribution in [3.63, 3.8) is 0 Å². The third kappa shape index (κ3) is 3.63. The molecule has 8 nitrogen and oxygen atoms in total. The number of nitrogens with one attached hydrogen (secondary N) is 2. The predicted octanol–water partition coefficient (Wildman–Crippen LogP) is 0.555. The average Bonchev–Trinajstić information content (AvgIpc) is 3.13. The van der Waals surface area contributed by atoms with Gasteiger partial charge in [0.1, 0.15) is 17.1 Å². The number of aliphatic hydroxyl groups excluding tert-OH is 1. The number of rotatable bonds is 3. The second kappa shape index (κ2) is 7.70. The molecular formula is C20H24N6O2. The largest absolute Gasteiger partial charge is 0.392 e. The zero-order valence-corrected chi connectivity index (χ0v) is 15.8. The van der Waals surface area contributed by atoms with Crippen LogP contribution in [0.4, 0.5) is 5.69 Å².